The topological polar surface area (TPSA) is 80.1 Å². The normalized spacial score (nSPS) is 13.2. The minimum atomic E-state index is -0.209. The van der Waals surface area contributed by atoms with Crippen molar-refractivity contribution < 1.29 is 9.59 Å². The third-order valence-corrected chi connectivity index (χ3v) is 7.60. The summed E-state index contributed by atoms with van der Waals surface area (Å²) >= 11 is 7.90. The molecule has 0 aliphatic carbocycles. The van der Waals surface area contributed by atoms with Gasteiger partial charge >= 0.3 is 0 Å². The van der Waals surface area contributed by atoms with Gasteiger partial charge in [-0.05, 0) is 47.9 Å². The van der Waals surface area contributed by atoms with Crippen LogP contribution in [0, 0.1) is 0 Å². The van der Waals surface area contributed by atoms with Crippen LogP contribution in [-0.4, -0.2) is 33.1 Å². The van der Waals surface area contributed by atoms with Crippen LogP contribution in [-0.2, 0) is 23.6 Å². The van der Waals surface area contributed by atoms with Gasteiger partial charge in [0.2, 0.25) is 5.91 Å². The Bertz CT molecular complexity index is 1390. The number of carbonyl (C=O) groups is 2. The highest BCUT2D eigenvalue weighted by atomic mass is 35.5. The molecule has 2 amide bonds. The van der Waals surface area contributed by atoms with E-state index in [0.29, 0.717) is 30.1 Å². The first-order valence-corrected chi connectivity index (χ1v) is 13.5. The van der Waals surface area contributed by atoms with Gasteiger partial charge in [-0.25, -0.2) is 0 Å². The molecule has 1 N–H and O–H groups in total. The lowest BCUT2D eigenvalue weighted by Crippen LogP contribution is -2.26. The molecule has 0 radical (unpaired) electrons. The Balaban J connectivity index is 1.29. The summed E-state index contributed by atoms with van der Waals surface area (Å²) in [5.41, 5.74) is 3.48. The SMILES string of the molecule is O=C(NCc1nnc(SCc2ccccc2Cl)n1Cc1ccccc1)c1ccc(N2CCCC2=O)cc1. The highest BCUT2D eigenvalue weighted by Crippen LogP contribution is 2.27. The first kappa shape index (κ1) is 25.0. The monoisotopic (exact) mass is 531 g/mol. The Morgan fingerprint density at radius 1 is 0.973 bits per heavy atom. The van der Waals surface area contributed by atoms with E-state index >= 15 is 0 Å². The summed E-state index contributed by atoms with van der Waals surface area (Å²) in [5.74, 6) is 1.24. The van der Waals surface area contributed by atoms with E-state index in [9.17, 15) is 9.59 Å². The maximum absolute atomic E-state index is 12.9. The molecule has 1 saturated heterocycles. The van der Waals surface area contributed by atoms with Gasteiger partial charge in [0.05, 0.1) is 13.1 Å². The van der Waals surface area contributed by atoms with Gasteiger partial charge in [-0.15, -0.1) is 10.2 Å². The second-order valence-electron chi connectivity index (χ2n) is 8.73. The molecule has 0 atom stereocenters. The van der Waals surface area contributed by atoms with E-state index in [1.54, 1.807) is 28.8 Å². The summed E-state index contributed by atoms with van der Waals surface area (Å²) in [6.45, 7) is 1.54. The van der Waals surface area contributed by atoms with Crippen LogP contribution in [0.2, 0.25) is 5.02 Å². The van der Waals surface area contributed by atoms with E-state index in [1.807, 2.05) is 59.2 Å². The van der Waals surface area contributed by atoms with Gasteiger partial charge in [0.15, 0.2) is 11.0 Å². The number of rotatable bonds is 9. The third-order valence-electron chi connectivity index (χ3n) is 6.21. The second-order valence-corrected chi connectivity index (χ2v) is 10.1. The lowest BCUT2D eigenvalue weighted by atomic mass is 10.2. The van der Waals surface area contributed by atoms with Crippen molar-refractivity contribution in [3.63, 3.8) is 0 Å². The van der Waals surface area contributed by atoms with Gasteiger partial charge in [-0.2, -0.15) is 0 Å². The molecule has 1 fully saturated rings. The van der Waals surface area contributed by atoms with Crippen molar-refractivity contribution in [2.75, 3.05) is 11.4 Å². The number of amides is 2. The van der Waals surface area contributed by atoms with Crippen molar-refractivity contribution in [2.24, 2.45) is 0 Å². The number of benzene rings is 3. The Hall–Kier alpha value is -3.62. The minimum absolute atomic E-state index is 0.123. The molecule has 1 aliphatic rings. The van der Waals surface area contributed by atoms with Crippen LogP contribution < -0.4 is 10.2 Å². The molecular formula is C28H26ClN5O2S. The Morgan fingerprint density at radius 2 is 1.73 bits per heavy atom. The number of aromatic nitrogens is 3. The molecule has 0 saturated carbocycles. The van der Waals surface area contributed by atoms with Gasteiger partial charge in [0.1, 0.15) is 0 Å². The Morgan fingerprint density at radius 3 is 2.46 bits per heavy atom. The summed E-state index contributed by atoms with van der Waals surface area (Å²) in [4.78, 5) is 26.6. The number of carbonyl (C=O) groups excluding carboxylic acids is 2. The molecule has 4 aromatic rings. The summed E-state index contributed by atoms with van der Waals surface area (Å²) in [6.07, 6.45) is 1.44. The zero-order chi connectivity index (χ0) is 25.6. The molecule has 0 bridgehead atoms. The van der Waals surface area contributed by atoms with Crippen molar-refractivity contribution in [3.05, 3.63) is 106 Å². The average Bonchev–Trinajstić information content (AvgIpc) is 3.53. The van der Waals surface area contributed by atoms with Gasteiger partial charge in [-0.3, -0.25) is 9.59 Å². The van der Waals surface area contributed by atoms with E-state index in [-0.39, 0.29) is 18.4 Å². The van der Waals surface area contributed by atoms with Gasteiger partial charge in [0, 0.05) is 35.0 Å². The van der Waals surface area contributed by atoms with Crippen LogP contribution >= 0.6 is 23.4 Å². The van der Waals surface area contributed by atoms with Crippen LogP contribution in [0.5, 0.6) is 0 Å². The molecule has 9 heteroatoms. The van der Waals surface area contributed by atoms with E-state index < -0.39 is 0 Å². The van der Waals surface area contributed by atoms with Crippen LogP contribution in [0.1, 0.15) is 40.2 Å². The molecule has 3 aromatic carbocycles. The predicted octanol–water partition coefficient (Wildman–Crippen LogP) is 5.33. The predicted molar refractivity (Wildman–Crippen MR) is 146 cm³/mol. The number of nitrogens with one attached hydrogen (secondary N) is 1. The first-order valence-electron chi connectivity index (χ1n) is 12.1. The van der Waals surface area contributed by atoms with E-state index in [4.69, 9.17) is 11.6 Å². The number of nitrogens with zero attached hydrogens (tertiary/aromatic N) is 4. The maximum Gasteiger partial charge on any atom is 0.251 e. The van der Waals surface area contributed by atoms with Crippen LogP contribution in [0.3, 0.4) is 0 Å². The lowest BCUT2D eigenvalue weighted by Gasteiger charge is -2.16. The molecular weight excluding hydrogens is 506 g/mol. The number of thioether (sulfide) groups is 1. The highest BCUT2D eigenvalue weighted by molar-refractivity contribution is 7.98. The van der Waals surface area contributed by atoms with Crippen LogP contribution in [0.4, 0.5) is 5.69 Å². The molecule has 1 aromatic heterocycles. The third kappa shape index (κ3) is 6.03. The zero-order valence-corrected chi connectivity index (χ0v) is 21.7. The maximum atomic E-state index is 12.9. The van der Waals surface area contributed by atoms with Crippen molar-refractivity contribution in [1.82, 2.24) is 20.1 Å². The van der Waals surface area contributed by atoms with Crippen molar-refractivity contribution in [2.45, 2.75) is 36.8 Å². The largest absolute Gasteiger partial charge is 0.345 e. The van der Waals surface area contributed by atoms with Crippen LogP contribution in [0.15, 0.2) is 84.0 Å². The second kappa shape index (κ2) is 11.6. The van der Waals surface area contributed by atoms with E-state index in [2.05, 4.69) is 27.6 Å². The molecule has 1 aliphatic heterocycles. The fourth-order valence-electron chi connectivity index (χ4n) is 4.21. The molecule has 5 rings (SSSR count). The Labute approximate surface area is 224 Å². The lowest BCUT2D eigenvalue weighted by molar-refractivity contribution is -0.117. The smallest absolute Gasteiger partial charge is 0.251 e. The minimum Gasteiger partial charge on any atom is -0.345 e. The highest BCUT2D eigenvalue weighted by Gasteiger charge is 2.22. The van der Waals surface area contributed by atoms with E-state index in [0.717, 1.165) is 40.0 Å². The summed E-state index contributed by atoms with van der Waals surface area (Å²) < 4.78 is 2.03. The zero-order valence-electron chi connectivity index (χ0n) is 20.1. The molecule has 188 valence electrons. The first-order chi connectivity index (χ1) is 18.1. The van der Waals surface area contributed by atoms with Crippen molar-refractivity contribution in [3.8, 4) is 0 Å². The van der Waals surface area contributed by atoms with Gasteiger partial charge < -0.3 is 14.8 Å². The summed E-state index contributed by atoms with van der Waals surface area (Å²) in [6, 6.07) is 25.0. The van der Waals surface area contributed by atoms with Crippen molar-refractivity contribution in [1.29, 1.82) is 0 Å². The van der Waals surface area contributed by atoms with Crippen LogP contribution in [0.25, 0.3) is 0 Å². The quantitative estimate of drug-likeness (QED) is 0.295. The number of hydrogen-bond donors (Lipinski definition) is 1. The van der Waals surface area contributed by atoms with Gasteiger partial charge in [0.25, 0.3) is 5.91 Å². The molecule has 7 nitrogen and oxygen atoms in total. The summed E-state index contributed by atoms with van der Waals surface area (Å²) in [5, 5.41) is 13.2. The number of anilines is 1. The standard InChI is InChI=1S/C28H26ClN5O2S/c29-24-10-5-4-9-22(24)19-37-28-32-31-25(34(28)18-20-7-2-1-3-8-20)17-30-27(36)21-12-14-23(15-13-21)33-16-6-11-26(33)35/h1-5,7-10,12-15H,6,11,16-19H2,(H,30,36). The number of hydrogen-bond acceptors (Lipinski definition) is 5. The fraction of sp³-hybridized carbons (Fsp3) is 0.214. The molecule has 0 unspecified atom stereocenters. The molecule has 37 heavy (non-hydrogen) atoms. The Kier molecular flexibility index (Phi) is 7.87. The molecule has 2 heterocycles. The van der Waals surface area contributed by atoms with Gasteiger partial charge in [-0.1, -0.05) is 71.9 Å². The number of halogens is 1. The summed E-state index contributed by atoms with van der Waals surface area (Å²) in [7, 11) is 0. The van der Waals surface area contributed by atoms with E-state index in [1.165, 1.54) is 0 Å². The van der Waals surface area contributed by atoms with Crippen molar-refractivity contribution >= 4 is 40.9 Å². The molecule has 0 spiro atoms. The fourth-order valence-corrected chi connectivity index (χ4v) is 5.46. The average molecular weight is 532 g/mol.